The number of carboxylic acids is 2. The standard InChI is InChI=1S/2C22H43NO6S.2H3N/c2*1-2-3-4-5-6-7-8-9-10-11-12-13-14-15-16-17-18-23-21(24)19-20(22(25)26)30(27,28)29;;/h2*20H,2-19H2,1H3,(H,23,24)(H,25,26)(H,27,28,29);2*1H3. The monoisotopic (exact) mass is 933 g/mol. The third-order valence-corrected chi connectivity index (χ3v) is 12.8. The Kier molecular flexibility index (Phi) is 48.3. The highest BCUT2D eigenvalue weighted by Crippen LogP contribution is 2.15. The number of hydrogen-bond acceptors (Lipinski definition) is 10. The van der Waals surface area contributed by atoms with Crippen LogP contribution in [0.2, 0.25) is 0 Å². The van der Waals surface area contributed by atoms with Crippen LogP contribution in [-0.4, -0.2) is 73.3 Å². The third-order valence-electron chi connectivity index (χ3n) is 10.7. The van der Waals surface area contributed by atoms with E-state index in [0.29, 0.717) is 13.1 Å². The molecule has 0 aromatic carbocycles. The molecule has 0 aliphatic heterocycles. The van der Waals surface area contributed by atoms with Gasteiger partial charge >= 0.3 is 0 Å². The molecule has 0 aromatic heterocycles. The van der Waals surface area contributed by atoms with Crippen molar-refractivity contribution in [3.8, 4) is 0 Å². The molecule has 16 nitrogen and oxygen atoms in total. The van der Waals surface area contributed by atoms with Crippen LogP contribution < -0.4 is 33.1 Å². The average Bonchev–Trinajstić information content (AvgIpc) is 3.17. The van der Waals surface area contributed by atoms with E-state index in [0.717, 1.165) is 38.5 Å². The predicted molar refractivity (Wildman–Crippen MR) is 247 cm³/mol. The first-order chi connectivity index (χ1) is 28.6. The van der Waals surface area contributed by atoms with E-state index in [2.05, 4.69) is 24.5 Å². The number of hydrogen-bond donors (Lipinski definition) is 6. The molecule has 2 amide bonds. The van der Waals surface area contributed by atoms with E-state index in [1.165, 1.54) is 167 Å². The summed E-state index contributed by atoms with van der Waals surface area (Å²) in [5.41, 5.74) is 0. The van der Waals surface area contributed by atoms with E-state index in [9.17, 15) is 46.2 Å². The lowest BCUT2D eigenvalue weighted by Crippen LogP contribution is -2.44. The lowest BCUT2D eigenvalue weighted by atomic mass is 10.0. The second kappa shape index (κ2) is 45.2. The SMILES string of the molecule is CCCCCCCCCCCCCCCCCCNC(=O)CC(C(=O)[O-])S(=O)(=O)O.CCCCCCCCCCCCCCCCCCNC(=O)CC(C(=O)[O-])S(=O)(=O)O.[NH4+].[NH4+]. The van der Waals surface area contributed by atoms with Crippen LogP contribution >= 0.6 is 0 Å². The zero-order chi connectivity index (χ0) is 45.3. The summed E-state index contributed by atoms with van der Waals surface area (Å²) >= 11 is 0. The molecule has 0 saturated carbocycles. The first kappa shape index (κ1) is 66.2. The number of aliphatic carboxylic acids is 2. The van der Waals surface area contributed by atoms with Gasteiger partial charge in [0.05, 0.1) is 24.8 Å². The summed E-state index contributed by atoms with van der Waals surface area (Å²) in [6.45, 7) is 5.22. The molecule has 0 radical (unpaired) electrons. The average molecular weight is 933 g/mol. The highest BCUT2D eigenvalue weighted by molar-refractivity contribution is 7.87. The Morgan fingerprint density at radius 1 is 0.387 bits per heavy atom. The van der Waals surface area contributed by atoms with E-state index in [4.69, 9.17) is 9.11 Å². The summed E-state index contributed by atoms with van der Waals surface area (Å²) in [4.78, 5) is 44.5. The van der Waals surface area contributed by atoms with Gasteiger partial charge in [-0.2, -0.15) is 16.8 Å². The maximum atomic E-state index is 11.6. The number of carbonyl (C=O) groups excluding carboxylic acids is 4. The highest BCUT2D eigenvalue weighted by Gasteiger charge is 2.28. The maximum Gasteiger partial charge on any atom is 0.273 e. The highest BCUT2D eigenvalue weighted by atomic mass is 32.2. The second-order valence-electron chi connectivity index (χ2n) is 16.4. The number of carboxylic acid groups (broad SMARTS) is 2. The Morgan fingerprint density at radius 2 is 0.565 bits per heavy atom. The number of unbranched alkanes of at least 4 members (excludes halogenated alkanes) is 30. The maximum absolute atomic E-state index is 11.6. The Labute approximate surface area is 376 Å². The molecule has 2 atom stereocenters. The molecule has 0 aromatic rings. The van der Waals surface area contributed by atoms with Gasteiger partial charge in [-0.25, -0.2) is 0 Å². The number of nitrogens with one attached hydrogen (secondary N) is 2. The summed E-state index contributed by atoms with van der Waals surface area (Å²) in [5.74, 6) is -5.39. The van der Waals surface area contributed by atoms with E-state index in [1.807, 2.05) is 0 Å². The van der Waals surface area contributed by atoms with Crippen LogP contribution in [0, 0.1) is 0 Å². The van der Waals surface area contributed by atoms with Crippen molar-refractivity contribution < 1.29 is 55.3 Å². The van der Waals surface area contributed by atoms with Crippen molar-refractivity contribution in [1.29, 1.82) is 0 Å². The van der Waals surface area contributed by atoms with Crippen molar-refractivity contribution in [3.63, 3.8) is 0 Å². The van der Waals surface area contributed by atoms with Gasteiger partial charge in [0.1, 0.15) is 10.5 Å². The topological polar surface area (TPSA) is 320 Å². The smallest absolute Gasteiger partial charge is 0.273 e. The fraction of sp³-hybridized carbons (Fsp3) is 0.909. The van der Waals surface area contributed by atoms with Gasteiger partial charge in [0.15, 0.2) is 0 Å². The van der Waals surface area contributed by atoms with Crippen molar-refractivity contribution in [3.05, 3.63) is 0 Å². The number of amides is 2. The predicted octanol–water partition coefficient (Wildman–Crippen LogP) is 8.27. The molecule has 18 heteroatoms. The normalized spacial score (nSPS) is 12.2. The van der Waals surface area contributed by atoms with Crippen molar-refractivity contribution in [2.24, 2.45) is 0 Å². The fourth-order valence-corrected chi connectivity index (χ4v) is 8.11. The molecule has 0 spiro atoms. The molecule has 0 rings (SSSR count). The molecule has 372 valence electrons. The summed E-state index contributed by atoms with van der Waals surface area (Å²) in [6, 6.07) is 0. The number of carbonyl (C=O) groups is 4. The van der Waals surface area contributed by atoms with Crippen LogP contribution in [0.3, 0.4) is 0 Å². The van der Waals surface area contributed by atoms with Gasteiger partial charge in [0, 0.05) is 13.1 Å². The van der Waals surface area contributed by atoms with Crippen LogP contribution in [-0.2, 0) is 39.4 Å². The first-order valence-corrected chi connectivity index (χ1v) is 26.5. The number of quaternary nitrogens is 2. The van der Waals surface area contributed by atoms with E-state index < -0.39 is 67.3 Å². The Bertz CT molecular complexity index is 1210. The van der Waals surface area contributed by atoms with Gasteiger partial charge in [0.2, 0.25) is 11.8 Å². The van der Waals surface area contributed by atoms with E-state index >= 15 is 0 Å². The minimum Gasteiger partial charge on any atom is -0.549 e. The van der Waals surface area contributed by atoms with Crippen molar-refractivity contribution in [1.82, 2.24) is 22.9 Å². The van der Waals surface area contributed by atoms with E-state index in [-0.39, 0.29) is 12.3 Å². The lowest BCUT2D eigenvalue weighted by molar-refractivity contribution is -0.306. The largest absolute Gasteiger partial charge is 0.549 e. The van der Waals surface area contributed by atoms with Gasteiger partial charge in [0.25, 0.3) is 20.2 Å². The van der Waals surface area contributed by atoms with Gasteiger partial charge in [-0.1, -0.05) is 206 Å². The summed E-state index contributed by atoms with van der Waals surface area (Å²) in [5, 5.41) is 21.9. The van der Waals surface area contributed by atoms with Gasteiger partial charge in [-0.15, -0.1) is 0 Å². The molecule has 0 saturated heterocycles. The lowest BCUT2D eigenvalue weighted by Gasteiger charge is -2.14. The van der Waals surface area contributed by atoms with Crippen molar-refractivity contribution in [2.45, 2.75) is 243 Å². The Balaban J connectivity index is -0.000000526. The molecular weight excluding hydrogens is 841 g/mol. The van der Waals surface area contributed by atoms with Crippen molar-refractivity contribution >= 4 is 44.0 Å². The van der Waals surface area contributed by atoms with Crippen LogP contribution in [0.25, 0.3) is 0 Å². The number of rotatable bonds is 42. The molecule has 0 heterocycles. The second-order valence-corrected chi connectivity index (χ2v) is 19.6. The summed E-state index contributed by atoms with van der Waals surface area (Å²) in [6.07, 6.45) is 38.4. The van der Waals surface area contributed by atoms with Crippen LogP contribution in [0.5, 0.6) is 0 Å². The Morgan fingerprint density at radius 3 is 0.726 bits per heavy atom. The molecule has 0 fully saturated rings. The van der Waals surface area contributed by atoms with Gasteiger partial charge < -0.3 is 42.7 Å². The van der Waals surface area contributed by atoms with Crippen LogP contribution in [0.15, 0.2) is 0 Å². The minimum absolute atomic E-state index is 0. The van der Waals surface area contributed by atoms with Crippen molar-refractivity contribution in [2.75, 3.05) is 13.1 Å². The third kappa shape index (κ3) is 45.6. The minimum atomic E-state index is -4.84. The summed E-state index contributed by atoms with van der Waals surface area (Å²) < 4.78 is 61.2. The first-order valence-electron chi connectivity index (χ1n) is 23.5. The zero-order valence-electron chi connectivity index (χ0n) is 39.4. The molecule has 0 bridgehead atoms. The van der Waals surface area contributed by atoms with Crippen LogP contribution in [0.1, 0.15) is 232 Å². The van der Waals surface area contributed by atoms with Gasteiger partial charge in [-0.3, -0.25) is 18.7 Å². The van der Waals surface area contributed by atoms with Gasteiger partial charge in [-0.05, 0) is 12.8 Å². The molecule has 12 N–H and O–H groups in total. The molecule has 62 heavy (non-hydrogen) atoms. The van der Waals surface area contributed by atoms with Crippen LogP contribution in [0.4, 0.5) is 0 Å². The molecule has 0 aliphatic rings. The summed E-state index contributed by atoms with van der Waals surface area (Å²) in [7, 11) is -9.69. The zero-order valence-corrected chi connectivity index (χ0v) is 41.0. The van der Waals surface area contributed by atoms with E-state index in [1.54, 1.807) is 0 Å². The molecule has 0 aliphatic carbocycles. The fourth-order valence-electron chi connectivity index (χ4n) is 6.90. The molecular formula is C44H92N4O12S2. The molecule has 2 unspecified atom stereocenters. The Hall–Kier alpha value is -2.38. The quantitative estimate of drug-likeness (QED) is 0.0249.